The van der Waals surface area contributed by atoms with Gasteiger partial charge < -0.3 is 0 Å². The summed E-state index contributed by atoms with van der Waals surface area (Å²) in [5.41, 5.74) is 3.55. The van der Waals surface area contributed by atoms with Crippen LogP contribution in [0.15, 0.2) is 73.1 Å². The second-order valence-corrected chi connectivity index (χ2v) is 7.46. The average molecular weight is 396 g/mol. The number of hydrogen-bond acceptors (Lipinski definition) is 3. The number of allylic oxidation sites excluding steroid dienone is 5. The number of benzene rings is 1. The molecule has 1 aromatic carbocycles. The van der Waals surface area contributed by atoms with E-state index in [-0.39, 0.29) is 0 Å². The van der Waals surface area contributed by atoms with Gasteiger partial charge in [-0.15, -0.1) is 11.3 Å². The molecule has 150 valence electrons. The second-order valence-electron chi connectivity index (χ2n) is 6.34. The molecule has 0 bridgehead atoms. The van der Waals surface area contributed by atoms with E-state index in [2.05, 4.69) is 42.7 Å². The Morgan fingerprint density at radius 2 is 1.96 bits per heavy atom. The zero-order valence-corrected chi connectivity index (χ0v) is 18.8. The predicted molar refractivity (Wildman–Crippen MR) is 125 cm³/mol. The van der Waals surface area contributed by atoms with Gasteiger partial charge in [0.25, 0.3) is 0 Å². The number of aromatic nitrogens is 3. The van der Waals surface area contributed by atoms with Crippen LogP contribution < -0.4 is 0 Å². The van der Waals surface area contributed by atoms with Gasteiger partial charge in [-0.3, -0.25) is 4.68 Å². The Balaban J connectivity index is 0.000000285. The molecule has 0 saturated heterocycles. The molecule has 3 nitrogen and oxygen atoms in total. The third-order valence-corrected chi connectivity index (χ3v) is 4.80. The van der Waals surface area contributed by atoms with Crippen molar-refractivity contribution >= 4 is 21.6 Å². The topological polar surface area (TPSA) is 30.7 Å². The molecule has 0 fully saturated rings. The Labute approximate surface area is 174 Å². The molecule has 3 rings (SSSR count). The fourth-order valence-corrected chi connectivity index (χ4v) is 3.34. The van der Waals surface area contributed by atoms with E-state index in [0.717, 1.165) is 17.1 Å². The maximum atomic E-state index is 4.57. The van der Waals surface area contributed by atoms with Crippen LogP contribution >= 0.6 is 11.3 Å². The summed E-state index contributed by atoms with van der Waals surface area (Å²) in [5.74, 6) is 0.577. The number of nitrogens with zero attached hydrogens (tertiary/aromatic N) is 3. The lowest BCUT2D eigenvalue weighted by Crippen LogP contribution is -1.98. The molecule has 3 aromatic rings. The van der Waals surface area contributed by atoms with Crippen molar-refractivity contribution < 1.29 is 0 Å². The molecule has 2 aromatic heterocycles. The molecule has 0 amide bonds. The van der Waals surface area contributed by atoms with E-state index in [0.29, 0.717) is 5.92 Å². The van der Waals surface area contributed by atoms with Gasteiger partial charge in [0.05, 0.1) is 23.0 Å². The molecule has 0 spiro atoms. The Morgan fingerprint density at radius 1 is 1.25 bits per heavy atom. The number of para-hydroxylation sites is 1. The molecular weight excluding hydrogens is 362 g/mol. The van der Waals surface area contributed by atoms with Crippen molar-refractivity contribution in [3.63, 3.8) is 0 Å². The third kappa shape index (κ3) is 7.65. The van der Waals surface area contributed by atoms with Gasteiger partial charge in [-0.2, -0.15) is 5.10 Å². The summed E-state index contributed by atoms with van der Waals surface area (Å²) in [6.45, 7) is 16.9. The van der Waals surface area contributed by atoms with Crippen LogP contribution in [0.25, 0.3) is 10.2 Å². The van der Waals surface area contributed by atoms with Gasteiger partial charge in [0.15, 0.2) is 0 Å². The first-order valence-electron chi connectivity index (χ1n) is 9.82. The summed E-state index contributed by atoms with van der Waals surface area (Å²) in [7, 11) is 0. The van der Waals surface area contributed by atoms with Gasteiger partial charge in [-0.25, -0.2) is 4.98 Å². The standard InChI is InChI=1S/C12H11N3S.C10H16.C2H6/c1-9-6-13-15(7-9)8-12-14-10-4-2-3-5-11(10)16-12;1-5-7-8-10(6-2)9(3)4;1-2/h2-7H,8H2,1H3;5-9H,2H2,1,3-4H3;1-2H3/b;7-5-,10-8+;. The SMILES string of the molecule is C=C/C(=C\C=C/C)C(C)C.CC.Cc1cnn(Cc2nc3ccccc3s2)c1. The number of thiazole rings is 1. The third-order valence-electron chi connectivity index (χ3n) is 3.78. The lowest BCUT2D eigenvalue weighted by Gasteiger charge is -2.02. The lowest BCUT2D eigenvalue weighted by atomic mass is 10.0. The van der Waals surface area contributed by atoms with E-state index >= 15 is 0 Å². The van der Waals surface area contributed by atoms with E-state index in [1.165, 1.54) is 15.8 Å². The first-order valence-corrected chi connectivity index (χ1v) is 10.6. The fourth-order valence-electron chi connectivity index (χ4n) is 2.38. The van der Waals surface area contributed by atoms with Gasteiger partial charge >= 0.3 is 0 Å². The Kier molecular flexibility index (Phi) is 10.8. The first kappa shape index (κ1) is 23.6. The van der Waals surface area contributed by atoms with Crippen LogP contribution in [-0.4, -0.2) is 14.8 Å². The van der Waals surface area contributed by atoms with Crippen molar-refractivity contribution in [2.75, 3.05) is 0 Å². The highest BCUT2D eigenvalue weighted by molar-refractivity contribution is 7.18. The number of fused-ring (bicyclic) bond motifs is 1. The van der Waals surface area contributed by atoms with Crippen LogP contribution in [0.5, 0.6) is 0 Å². The Hall–Kier alpha value is -2.46. The first-order chi connectivity index (χ1) is 13.5. The summed E-state index contributed by atoms with van der Waals surface area (Å²) >= 11 is 1.73. The average Bonchev–Trinajstić information content (AvgIpc) is 3.29. The van der Waals surface area contributed by atoms with Crippen molar-refractivity contribution in [2.45, 2.75) is 48.1 Å². The summed E-state index contributed by atoms with van der Waals surface area (Å²) in [6.07, 6.45) is 12.0. The van der Waals surface area contributed by atoms with Crippen LogP contribution in [0.2, 0.25) is 0 Å². The Bertz CT molecular complexity index is 864. The lowest BCUT2D eigenvalue weighted by molar-refractivity contribution is 0.684. The molecule has 0 aliphatic carbocycles. The van der Waals surface area contributed by atoms with Crippen LogP contribution in [0.4, 0.5) is 0 Å². The van der Waals surface area contributed by atoms with Crippen molar-refractivity contribution in [3.05, 3.63) is 83.7 Å². The normalized spacial score (nSPS) is 11.2. The zero-order valence-electron chi connectivity index (χ0n) is 18.0. The minimum Gasteiger partial charge on any atom is -0.266 e. The molecule has 0 aliphatic heterocycles. The maximum absolute atomic E-state index is 4.57. The van der Waals surface area contributed by atoms with Gasteiger partial charge in [0, 0.05) is 6.20 Å². The largest absolute Gasteiger partial charge is 0.266 e. The van der Waals surface area contributed by atoms with E-state index in [9.17, 15) is 0 Å². The number of aryl methyl sites for hydroxylation is 1. The van der Waals surface area contributed by atoms with E-state index in [1.807, 2.05) is 81.2 Å². The minimum absolute atomic E-state index is 0.577. The van der Waals surface area contributed by atoms with Crippen LogP contribution in [0.1, 0.15) is 45.2 Å². The number of rotatable bonds is 5. The van der Waals surface area contributed by atoms with Crippen molar-refractivity contribution in [2.24, 2.45) is 5.92 Å². The zero-order chi connectivity index (χ0) is 20.9. The molecule has 0 N–H and O–H groups in total. The smallest absolute Gasteiger partial charge is 0.115 e. The van der Waals surface area contributed by atoms with Crippen LogP contribution in [-0.2, 0) is 6.54 Å². The van der Waals surface area contributed by atoms with Gasteiger partial charge in [0.1, 0.15) is 5.01 Å². The molecule has 4 heteroatoms. The maximum Gasteiger partial charge on any atom is 0.115 e. The quantitative estimate of drug-likeness (QED) is 0.427. The highest BCUT2D eigenvalue weighted by Gasteiger charge is 2.04. The van der Waals surface area contributed by atoms with Gasteiger partial charge in [-0.1, -0.05) is 70.7 Å². The van der Waals surface area contributed by atoms with Crippen molar-refractivity contribution in [1.82, 2.24) is 14.8 Å². The molecule has 0 atom stereocenters. The molecule has 28 heavy (non-hydrogen) atoms. The van der Waals surface area contributed by atoms with Crippen molar-refractivity contribution in [1.29, 1.82) is 0 Å². The minimum atomic E-state index is 0.577. The monoisotopic (exact) mass is 395 g/mol. The summed E-state index contributed by atoms with van der Waals surface area (Å²) in [5, 5.41) is 5.37. The van der Waals surface area contributed by atoms with E-state index in [1.54, 1.807) is 11.3 Å². The number of hydrogen-bond donors (Lipinski definition) is 0. The highest BCUT2D eigenvalue weighted by Crippen LogP contribution is 2.22. The molecule has 0 radical (unpaired) electrons. The highest BCUT2D eigenvalue weighted by atomic mass is 32.1. The van der Waals surface area contributed by atoms with E-state index < -0.39 is 0 Å². The van der Waals surface area contributed by atoms with Gasteiger partial charge in [0.2, 0.25) is 0 Å². The summed E-state index contributed by atoms with van der Waals surface area (Å²) < 4.78 is 3.16. The molecule has 0 saturated carbocycles. The van der Waals surface area contributed by atoms with Crippen molar-refractivity contribution in [3.8, 4) is 0 Å². The second kappa shape index (κ2) is 12.8. The summed E-state index contributed by atoms with van der Waals surface area (Å²) in [4.78, 5) is 4.57. The van der Waals surface area contributed by atoms with Crippen LogP contribution in [0, 0.1) is 12.8 Å². The molecule has 0 unspecified atom stereocenters. The van der Waals surface area contributed by atoms with Crippen LogP contribution in [0.3, 0.4) is 0 Å². The molecule has 0 aliphatic rings. The summed E-state index contributed by atoms with van der Waals surface area (Å²) in [6, 6.07) is 8.21. The predicted octanol–water partition coefficient (Wildman–Crippen LogP) is 7.21. The van der Waals surface area contributed by atoms with Gasteiger partial charge in [-0.05, 0) is 43.0 Å². The molecular formula is C24H33N3S. The molecule has 2 heterocycles. The Morgan fingerprint density at radius 3 is 2.50 bits per heavy atom. The fraction of sp³-hybridized carbons (Fsp3) is 0.333. The van der Waals surface area contributed by atoms with E-state index in [4.69, 9.17) is 0 Å².